The minimum atomic E-state index is -0.178. The number of hydrogen-bond acceptors (Lipinski definition) is 4. The molecule has 1 aliphatic heterocycles. The van der Waals surface area contributed by atoms with Crippen LogP contribution in [0, 0.1) is 0 Å². The van der Waals surface area contributed by atoms with Crippen LogP contribution in [-0.4, -0.2) is 38.8 Å². The number of anilines is 1. The molecule has 0 saturated carbocycles. The van der Waals surface area contributed by atoms with Crippen LogP contribution in [0.4, 0.5) is 5.88 Å². The number of morpholine rings is 1. The number of ether oxygens (including phenoxy) is 1. The van der Waals surface area contributed by atoms with Crippen LogP contribution in [0.5, 0.6) is 0 Å². The van der Waals surface area contributed by atoms with Crippen molar-refractivity contribution >= 4 is 22.8 Å². The van der Waals surface area contributed by atoms with Gasteiger partial charge in [-0.2, -0.15) is 0 Å². The molecule has 0 bridgehead atoms. The number of fused-ring (bicyclic) bond motifs is 1. The normalized spacial score (nSPS) is 15.0. The number of nitrogens with one attached hydrogen (secondary N) is 2. The minimum Gasteiger partial charge on any atom is -0.439 e. The standard InChI is InChI=1S/C21H20N2O4/c24-18(14-23-10-12-26-13-11-23)22-21-19(15-6-2-1-3-7-15)20(25)16-8-4-5-9-17(16)27-21/h1-9H,10-14H2,(H,22,24)/p+1. The quantitative estimate of drug-likeness (QED) is 0.731. The highest BCUT2D eigenvalue weighted by Gasteiger charge is 2.21. The van der Waals surface area contributed by atoms with Crippen LogP contribution in [0.25, 0.3) is 22.1 Å². The number of hydrogen-bond donors (Lipinski definition) is 2. The molecule has 1 aliphatic rings. The van der Waals surface area contributed by atoms with Gasteiger partial charge in [0.05, 0.1) is 24.2 Å². The number of para-hydroxylation sites is 1. The second-order valence-corrected chi connectivity index (χ2v) is 6.58. The number of quaternary nitrogens is 1. The number of rotatable bonds is 4. The minimum absolute atomic E-state index is 0.155. The maximum Gasteiger partial charge on any atom is 0.281 e. The molecule has 2 heterocycles. The van der Waals surface area contributed by atoms with Gasteiger partial charge in [0.2, 0.25) is 11.3 Å². The summed E-state index contributed by atoms with van der Waals surface area (Å²) in [6, 6.07) is 16.3. The summed E-state index contributed by atoms with van der Waals surface area (Å²) in [6.07, 6.45) is 0. The third kappa shape index (κ3) is 3.77. The Labute approximate surface area is 156 Å². The van der Waals surface area contributed by atoms with Crippen molar-refractivity contribution in [1.82, 2.24) is 0 Å². The van der Waals surface area contributed by atoms with Crippen molar-refractivity contribution in [3.8, 4) is 11.1 Å². The Morgan fingerprint density at radius 3 is 2.48 bits per heavy atom. The molecule has 2 N–H and O–H groups in total. The van der Waals surface area contributed by atoms with Gasteiger partial charge < -0.3 is 14.1 Å². The monoisotopic (exact) mass is 365 g/mol. The fourth-order valence-corrected chi connectivity index (χ4v) is 3.33. The summed E-state index contributed by atoms with van der Waals surface area (Å²) < 4.78 is 11.3. The van der Waals surface area contributed by atoms with Gasteiger partial charge in [0, 0.05) is 0 Å². The zero-order valence-electron chi connectivity index (χ0n) is 14.9. The van der Waals surface area contributed by atoms with Gasteiger partial charge in [0.15, 0.2) is 6.54 Å². The lowest BCUT2D eigenvalue weighted by molar-refractivity contribution is -0.899. The molecule has 3 aromatic rings. The van der Waals surface area contributed by atoms with Crippen LogP contribution >= 0.6 is 0 Å². The summed E-state index contributed by atoms with van der Waals surface area (Å²) in [4.78, 5) is 26.8. The Kier molecular flexibility index (Phi) is 5.00. The fraction of sp³-hybridized carbons (Fsp3) is 0.238. The number of benzene rings is 2. The molecular formula is C21H21N2O4+. The molecule has 2 aromatic carbocycles. The first-order chi connectivity index (χ1) is 13.2. The predicted octanol–water partition coefficient (Wildman–Crippen LogP) is 1.31. The summed E-state index contributed by atoms with van der Waals surface area (Å²) in [5.74, 6) is 0.0186. The molecule has 6 nitrogen and oxygen atoms in total. The third-order valence-corrected chi connectivity index (χ3v) is 4.72. The van der Waals surface area contributed by atoms with E-state index in [9.17, 15) is 9.59 Å². The second kappa shape index (κ2) is 7.73. The van der Waals surface area contributed by atoms with Crippen LogP contribution in [0.1, 0.15) is 0 Å². The maximum atomic E-state index is 13.1. The van der Waals surface area contributed by atoms with E-state index in [0.29, 0.717) is 41.9 Å². The first-order valence-corrected chi connectivity index (χ1v) is 9.05. The van der Waals surface area contributed by atoms with Gasteiger partial charge in [0.25, 0.3) is 5.91 Å². The highest BCUT2D eigenvalue weighted by Crippen LogP contribution is 2.28. The van der Waals surface area contributed by atoms with Gasteiger partial charge in [-0.25, -0.2) is 0 Å². The van der Waals surface area contributed by atoms with E-state index in [0.717, 1.165) is 18.0 Å². The van der Waals surface area contributed by atoms with Crippen LogP contribution < -0.4 is 15.6 Å². The lowest BCUT2D eigenvalue weighted by Gasteiger charge is -2.23. The van der Waals surface area contributed by atoms with E-state index < -0.39 is 0 Å². The van der Waals surface area contributed by atoms with E-state index in [1.54, 1.807) is 24.3 Å². The molecule has 0 unspecified atom stereocenters. The van der Waals surface area contributed by atoms with Crippen LogP contribution in [0.3, 0.4) is 0 Å². The van der Waals surface area contributed by atoms with Crippen molar-refractivity contribution < 1.29 is 18.8 Å². The summed E-state index contributed by atoms with van der Waals surface area (Å²) in [7, 11) is 0. The van der Waals surface area contributed by atoms with E-state index in [1.807, 2.05) is 30.3 Å². The van der Waals surface area contributed by atoms with Crippen molar-refractivity contribution in [3.63, 3.8) is 0 Å². The van der Waals surface area contributed by atoms with Crippen molar-refractivity contribution in [2.45, 2.75) is 0 Å². The third-order valence-electron chi connectivity index (χ3n) is 4.72. The van der Waals surface area contributed by atoms with Crippen molar-refractivity contribution in [3.05, 3.63) is 64.8 Å². The molecule has 6 heteroatoms. The maximum absolute atomic E-state index is 13.1. The van der Waals surface area contributed by atoms with E-state index in [-0.39, 0.29) is 17.2 Å². The number of carbonyl (C=O) groups is 1. The Bertz CT molecular complexity index is 1010. The van der Waals surface area contributed by atoms with Gasteiger partial charge in [-0.1, -0.05) is 42.5 Å². The lowest BCUT2D eigenvalue weighted by atomic mass is 10.0. The van der Waals surface area contributed by atoms with E-state index in [1.165, 1.54) is 0 Å². The van der Waals surface area contributed by atoms with E-state index >= 15 is 0 Å². The molecule has 0 aliphatic carbocycles. The Morgan fingerprint density at radius 2 is 1.70 bits per heavy atom. The molecule has 0 spiro atoms. The molecule has 27 heavy (non-hydrogen) atoms. The number of amides is 1. The van der Waals surface area contributed by atoms with Crippen molar-refractivity contribution in [2.75, 3.05) is 38.2 Å². The molecule has 1 amide bonds. The van der Waals surface area contributed by atoms with E-state index in [4.69, 9.17) is 9.15 Å². The molecule has 1 fully saturated rings. The summed E-state index contributed by atoms with van der Waals surface area (Å²) in [5.41, 5.74) is 1.39. The Morgan fingerprint density at radius 1 is 1.00 bits per heavy atom. The summed E-state index contributed by atoms with van der Waals surface area (Å²) in [6.45, 7) is 3.21. The average molecular weight is 365 g/mol. The Hall–Kier alpha value is -2.96. The van der Waals surface area contributed by atoms with Crippen LogP contribution in [0.15, 0.2) is 63.8 Å². The molecule has 0 atom stereocenters. The first-order valence-electron chi connectivity index (χ1n) is 9.05. The van der Waals surface area contributed by atoms with Gasteiger partial charge in [-0.15, -0.1) is 0 Å². The van der Waals surface area contributed by atoms with Gasteiger partial charge in [-0.05, 0) is 17.7 Å². The van der Waals surface area contributed by atoms with Crippen LogP contribution in [-0.2, 0) is 9.53 Å². The van der Waals surface area contributed by atoms with E-state index in [2.05, 4.69) is 5.32 Å². The topological polar surface area (TPSA) is 73.0 Å². The number of carbonyl (C=O) groups excluding carboxylic acids is 1. The lowest BCUT2D eigenvalue weighted by Crippen LogP contribution is -3.15. The largest absolute Gasteiger partial charge is 0.439 e. The molecule has 1 aromatic heterocycles. The van der Waals surface area contributed by atoms with Crippen molar-refractivity contribution in [2.24, 2.45) is 0 Å². The highest BCUT2D eigenvalue weighted by molar-refractivity contribution is 5.96. The first kappa shape index (κ1) is 17.5. The average Bonchev–Trinajstić information content (AvgIpc) is 2.69. The molecular weight excluding hydrogens is 344 g/mol. The van der Waals surface area contributed by atoms with Gasteiger partial charge in [0.1, 0.15) is 18.7 Å². The molecule has 4 rings (SSSR count). The van der Waals surface area contributed by atoms with Gasteiger partial charge in [-0.3, -0.25) is 14.9 Å². The van der Waals surface area contributed by atoms with Crippen molar-refractivity contribution in [1.29, 1.82) is 0 Å². The molecule has 0 radical (unpaired) electrons. The Balaban J connectivity index is 1.72. The molecule has 1 saturated heterocycles. The van der Waals surface area contributed by atoms with Crippen LogP contribution in [0.2, 0.25) is 0 Å². The zero-order chi connectivity index (χ0) is 18.6. The fourth-order valence-electron chi connectivity index (χ4n) is 3.33. The second-order valence-electron chi connectivity index (χ2n) is 6.58. The highest BCUT2D eigenvalue weighted by atomic mass is 16.5. The SMILES string of the molecule is O=C(C[NH+]1CCOCC1)Nc1oc2ccccc2c(=O)c1-c1ccccc1. The predicted molar refractivity (Wildman–Crippen MR) is 103 cm³/mol. The van der Waals surface area contributed by atoms with Gasteiger partial charge >= 0.3 is 0 Å². The smallest absolute Gasteiger partial charge is 0.281 e. The summed E-state index contributed by atoms with van der Waals surface area (Å²) in [5, 5.41) is 3.32. The summed E-state index contributed by atoms with van der Waals surface area (Å²) >= 11 is 0. The molecule has 138 valence electrons. The zero-order valence-corrected chi connectivity index (χ0v) is 14.9.